The number of carbonyl (C=O) groups excluding carboxylic acids is 2. The Morgan fingerprint density at radius 1 is 1.31 bits per heavy atom. The molecule has 0 saturated heterocycles. The van der Waals surface area contributed by atoms with Crippen molar-refractivity contribution in [2.45, 2.75) is 40.2 Å². The van der Waals surface area contributed by atoms with Crippen LogP contribution in [0.3, 0.4) is 0 Å². The lowest BCUT2D eigenvalue weighted by atomic mass is 9.95. The summed E-state index contributed by atoms with van der Waals surface area (Å²) < 4.78 is 0. The number of hydrogen-bond acceptors (Lipinski definition) is 3. The zero-order chi connectivity index (χ0) is 12.8. The molecule has 5 nitrogen and oxygen atoms in total. The molecule has 0 fully saturated rings. The van der Waals surface area contributed by atoms with Crippen molar-refractivity contribution in [3.63, 3.8) is 0 Å². The van der Waals surface area contributed by atoms with Crippen molar-refractivity contribution in [3.8, 4) is 0 Å². The zero-order valence-corrected chi connectivity index (χ0v) is 10.6. The topological polar surface area (TPSA) is 84.2 Å². The van der Waals surface area contributed by atoms with E-state index in [-0.39, 0.29) is 11.8 Å². The van der Waals surface area contributed by atoms with Gasteiger partial charge in [0.05, 0.1) is 0 Å². The highest BCUT2D eigenvalue weighted by Crippen LogP contribution is 2.12. The molecule has 0 radical (unpaired) electrons. The Labute approximate surface area is 97.2 Å². The molecule has 0 aliphatic rings. The minimum Gasteiger partial charge on any atom is -0.354 e. The van der Waals surface area contributed by atoms with Crippen LogP contribution in [0.1, 0.15) is 34.1 Å². The van der Waals surface area contributed by atoms with E-state index in [4.69, 9.17) is 5.73 Å². The van der Waals surface area contributed by atoms with Crippen LogP contribution in [0.4, 0.5) is 0 Å². The Bertz CT molecular complexity index is 246. The van der Waals surface area contributed by atoms with Gasteiger partial charge in [-0.3, -0.25) is 9.59 Å². The molecule has 2 amide bonds. The summed E-state index contributed by atoms with van der Waals surface area (Å²) in [6, 6.07) is -0.510. The summed E-state index contributed by atoms with van der Waals surface area (Å²) >= 11 is 0. The maximum atomic E-state index is 11.6. The van der Waals surface area contributed by atoms with Crippen molar-refractivity contribution in [2.24, 2.45) is 11.1 Å². The van der Waals surface area contributed by atoms with Gasteiger partial charge in [0.25, 0.3) is 0 Å². The zero-order valence-electron chi connectivity index (χ0n) is 10.6. The summed E-state index contributed by atoms with van der Waals surface area (Å²) in [4.78, 5) is 23.1. The molecule has 16 heavy (non-hydrogen) atoms. The van der Waals surface area contributed by atoms with Crippen LogP contribution in [0, 0.1) is 5.41 Å². The predicted octanol–water partition coefficient (Wildman–Crippen LogP) is 0.00220. The van der Waals surface area contributed by atoms with Crippen molar-refractivity contribution >= 4 is 11.8 Å². The molecule has 0 aromatic rings. The lowest BCUT2D eigenvalue weighted by Crippen LogP contribution is -2.48. The van der Waals surface area contributed by atoms with E-state index in [1.807, 2.05) is 0 Å². The van der Waals surface area contributed by atoms with E-state index in [9.17, 15) is 9.59 Å². The van der Waals surface area contributed by atoms with Gasteiger partial charge in [0.1, 0.15) is 6.04 Å². The lowest BCUT2D eigenvalue weighted by Gasteiger charge is -2.21. The molecular weight excluding hydrogens is 206 g/mol. The molecule has 0 spiro atoms. The summed E-state index contributed by atoms with van der Waals surface area (Å²) in [5.74, 6) is -0.306. The van der Waals surface area contributed by atoms with Gasteiger partial charge in [0.2, 0.25) is 11.8 Å². The molecule has 0 aromatic carbocycles. The van der Waals surface area contributed by atoms with E-state index in [0.717, 1.165) is 6.42 Å². The summed E-state index contributed by atoms with van der Waals surface area (Å²) in [6.07, 6.45) is 0.742. The standard InChI is InChI=1S/C11H23N3O2/c1-8(9(15)13-7-5-6-12)14-10(16)11(2,3)4/h8H,5-7,12H2,1-4H3,(H,13,15)(H,14,16). The minimum atomic E-state index is -0.510. The van der Waals surface area contributed by atoms with E-state index in [1.54, 1.807) is 27.7 Å². The average molecular weight is 229 g/mol. The highest BCUT2D eigenvalue weighted by Gasteiger charge is 2.24. The Hall–Kier alpha value is -1.10. The van der Waals surface area contributed by atoms with Crippen LogP contribution in [0.15, 0.2) is 0 Å². The summed E-state index contributed by atoms with van der Waals surface area (Å²) in [5.41, 5.74) is 4.83. The molecule has 0 saturated carbocycles. The number of rotatable bonds is 5. The van der Waals surface area contributed by atoms with E-state index in [1.165, 1.54) is 0 Å². The van der Waals surface area contributed by atoms with E-state index in [2.05, 4.69) is 10.6 Å². The van der Waals surface area contributed by atoms with Gasteiger partial charge < -0.3 is 16.4 Å². The third-order valence-corrected chi connectivity index (χ3v) is 2.10. The summed E-state index contributed by atoms with van der Waals surface area (Å²) in [7, 11) is 0. The van der Waals surface area contributed by atoms with Crippen LogP contribution in [-0.4, -0.2) is 30.9 Å². The average Bonchev–Trinajstić information content (AvgIpc) is 2.16. The van der Waals surface area contributed by atoms with Gasteiger partial charge in [-0.1, -0.05) is 20.8 Å². The van der Waals surface area contributed by atoms with Gasteiger partial charge >= 0.3 is 0 Å². The minimum absolute atomic E-state index is 0.131. The molecule has 0 rings (SSSR count). The van der Waals surface area contributed by atoms with E-state index in [0.29, 0.717) is 13.1 Å². The second-order valence-corrected chi connectivity index (χ2v) is 4.88. The molecule has 0 aliphatic carbocycles. The number of nitrogens with one attached hydrogen (secondary N) is 2. The van der Waals surface area contributed by atoms with Crippen molar-refractivity contribution < 1.29 is 9.59 Å². The van der Waals surface area contributed by atoms with Gasteiger partial charge in [-0.2, -0.15) is 0 Å². The number of amides is 2. The molecule has 4 N–H and O–H groups in total. The fraction of sp³-hybridized carbons (Fsp3) is 0.818. The molecule has 0 bridgehead atoms. The maximum absolute atomic E-state index is 11.6. The molecule has 0 aromatic heterocycles. The van der Waals surface area contributed by atoms with Crippen LogP contribution in [0.2, 0.25) is 0 Å². The first-order valence-corrected chi connectivity index (χ1v) is 5.57. The number of hydrogen-bond donors (Lipinski definition) is 3. The van der Waals surface area contributed by atoms with Gasteiger partial charge in [0.15, 0.2) is 0 Å². The SMILES string of the molecule is CC(NC(=O)C(C)(C)C)C(=O)NCCCN. The third-order valence-electron chi connectivity index (χ3n) is 2.10. The Morgan fingerprint density at radius 2 is 1.88 bits per heavy atom. The van der Waals surface area contributed by atoms with E-state index >= 15 is 0 Å². The molecule has 5 heteroatoms. The van der Waals surface area contributed by atoms with Gasteiger partial charge in [-0.05, 0) is 19.9 Å². The highest BCUT2D eigenvalue weighted by molar-refractivity contribution is 5.89. The molecule has 94 valence electrons. The monoisotopic (exact) mass is 229 g/mol. The highest BCUT2D eigenvalue weighted by atomic mass is 16.2. The first-order valence-electron chi connectivity index (χ1n) is 5.57. The molecule has 1 unspecified atom stereocenters. The summed E-state index contributed by atoms with van der Waals surface area (Å²) in [5, 5.41) is 5.37. The Balaban J connectivity index is 4.01. The molecular formula is C11H23N3O2. The van der Waals surface area contributed by atoms with Crippen molar-refractivity contribution in [1.82, 2.24) is 10.6 Å². The molecule has 0 aliphatic heterocycles. The fourth-order valence-electron chi connectivity index (χ4n) is 0.945. The Morgan fingerprint density at radius 3 is 2.31 bits per heavy atom. The number of carbonyl (C=O) groups is 2. The van der Waals surface area contributed by atoms with E-state index < -0.39 is 11.5 Å². The smallest absolute Gasteiger partial charge is 0.242 e. The second kappa shape index (κ2) is 6.48. The normalized spacial score (nSPS) is 13.1. The third kappa shape index (κ3) is 5.70. The van der Waals surface area contributed by atoms with Gasteiger partial charge in [-0.25, -0.2) is 0 Å². The fourth-order valence-corrected chi connectivity index (χ4v) is 0.945. The van der Waals surface area contributed by atoms with Crippen molar-refractivity contribution in [1.29, 1.82) is 0 Å². The maximum Gasteiger partial charge on any atom is 0.242 e. The molecule has 0 heterocycles. The summed E-state index contributed by atoms with van der Waals surface area (Å²) in [6.45, 7) is 8.18. The van der Waals surface area contributed by atoms with Gasteiger partial charge in [0, 0.05) is 12.0 Å². The van der Waals surface area contributed by atoms with Gasteiger partial charge in [-0.15, -0.1) is 0 Å². The van der Waals surface area contributed by atoms with Crippen LogP contribution in [0.25, 0.3) is 0 Å². The van der Waals surface area contributed by atoms with Crippen LogP contribution in [-0.2, 0) is 9.59 Å². The lowest BCUT2D eigenvalue weighted by molar-refractivity contribution is -0.133. The quantitative estimate of drug-likeness (QED) is 0.580. The first kappa shape index (κ1) is 14.9. The number of nitrogens with two attached hydrogens (primary N) is 1. The van der Waals surface area contributed by atoms with Crippen LogP contribution >= 0.6 is 0 Å². The van der Waals surface area contributed by atoms with Crippen molar-refractivity contribution in [3.05, 3.63) is 0 Å². The predicted molar refractivity (Wildman–Crippen MR) is 63.7 cm³/mol. The van der Waals surface area contributed by atoms with Crippen molar-refractivity contribution in [2.75, 3.05) is 13.1 Å². The first-order chi connectivity index (χ1) is 7.29. The Kier molecular flexibility index (Phi) is 6.03. The second-order valence-electron chi connectivity index (χ2n) is 4.88. The largest absolute Gasteiger partial charge is 0.354 e. The van der Waals surface area contributed by atoms with Crippen LogP contribution < -0.4 is 16.4 Å². The molecule has 1 atom stereocenters. The van der Waals surface area contributed by atoms with Crippen LogP contribution in [0.5, 0.6) is 0 Å².